The van der Waals surface area contributed by atoms with Crippen LogP contribution in [0.5, 0.6) is 0 Å². The molecule has 7 heteroatoms. The van der Waals surface area contributed by atoms with E-state index >= 15 is 0 Å². The Hall–Kier alpha value is -1.11. The second-order valence-electron chi connectivity index (χ2n) is 6.27. The van der Waals surface area contributed by atoms with Gasteiger partial charge in [-0.1, -0.05) is 11.6 Å². The summed E-state index contributed by atoms with van der Waals surface area (Å²) in [5.41, 5.74) is 1.18. The molecule has 0 bridgehead atoms. The van der Waals surface area contributed by atoms with Crippen LogP contribution in [0.15, 0.2) is 0 Å². The molecule has 22 heavy (non-hydrogen) atoms. The molecule has 2 heterocycles. The Morgan fingerprint density at radius 2 is 1.95 bits per heavy atom. The van der Waals surface area contributed by atoms with Gasteiger partial charge in [-0.15, -0.1) is 0 Å². The molecule has 122 valence electrons. The molecule has 1 amide bonds. The zero-order valence-corrected chi connectivity index (χ0v) is 13.9. The number of hydrogen-bond donors (Lipinski definition) is 1. The van der Waals surface area contributed by atoms with Crippen LogP contribution in [-0.4, -0.2) is 68.9 Å². The van der Waals surface area contributed by atoms with Crippen molar-refractivity contribution >= 4 is 17.5 Å². The number of nitrogens with zero attached hydrogens (tertiary/aromatic N) is 4. The molecule has 0 aromatic carbocycles. The van der Waals surface area contributed by atoms with E-state index < -0.39 is 0 Å². The Morgan fingerprint density at radius 1 is 1.27 bits per heavy atom. The molecule has 0 radical (unpaired) electrons. The van der Waals surface area contributed by atoms with Gasteiger partial charge in [-0.2, -0.15) is 5.10 Å². The third-order valence-electron chi connectivity index (χ3n) is 4.88. The first kappa shape index (κ1) is 15.8. The van der Waals surface area contributed by atoms with E-state index in [2.05, 4.69) is 10.00 Å². The van der Waals surface area contributed by atoms with Crippen LogP contribution in [-0.2, 0) is 7.05 Å². The highest BCUT2D eigenvalue weighted by atomic mass is 35.5. The van der Waals surface area contributed by atoms with E-state index in [1.54, 1.807) is 7.05 Å². The highest BCUT2D eigenvalue weighted by Gasteiger charge is 2.34. The Balaban J connectivity index is 1.65. The van der Waals surface area contributed by atoms with Crippen molar-refractivity contribution in [3.8, 4) is 0 Å². The standard InChI is InChI=1S/C15H23ClN4O2/c1-10-13(14(16)18(2)17-10)15(22)20-8-6-19(7-9-20)11-4-3-5-12(11)21/h11-12,21H,3-9H2,1-2H3/t11-,12-/m0/s1. The smallest absolute Gasteiger partial charge is 0.258 e. The maximum Gasteiger partial charge on any atom is 0.258 e. The largest absolute Gasteiger partial charge is 0.391 e. The van der Waals surface area contributed by atoms with E-state index in [4.69, 9.17) is 11.6 Å². The van der Waals surface area contributed by atoms with Crippen LogP contribution < -0.4 is 0 Å². The first-order chi connectivity index (χ1) is 10.5. The minimum absolute atomic E-state index is 0.0396. The van der Waals surface area contributed by atoms with Crippen molar-refractivity contribution < 1.29 is 9.90 Å². The van der Waals surface area contributed by atoms with Gasteiger partial charge in [-0.3, -0.25) is 14.4 Å². The number of aryl methyl sites for hydroxylation is 2. The Morgan fingerprint density at radius 3 is 2.45 bits per heavy atom. The molecule has 2 atom stereocenters. The second-order valence-corrected chi connectivity index (χ2v) is 6.63. The lowest BCUT2D eigenvalue weighted by molar-refractivity contribution is 0.0315. The molecule has 1 aromatic rings. The van der Waals surface area contributed by atoms with E-state index in [0.717, 1.165) is 32.4 Å². The number of aromatic nitrogens is 2. The molecule has 3 rings (SSSR count). The first-order valence-electron chi connectivity index (χ1n) is 7.89. The molecule has 1 saturated heterocycles. The summed E-state index contributed by atoms with van der Waals surface area (Å²) in [5, 5.41) is 14.6. The molecule has 1 aliphatic heterocycles. The van der Waals surface area contributed by atoms with Gasteiger partial charge in [0, 0.05) is 39.3 Å². The van der Waals surface area contributed by atoms with E-state index in [0.29, 0.717) is 29.5 Å². The van der Waals surface area contributed by atoms with Gasteiger partial charge in [0.25, 0.3) is 5.91 Å². The molecule has 1 N–H and O–H groups in total. The summed E-state index contributed by atoms with van der Waals surface area (Å²) >= 11 is 6.19. The molecule has 1 aromatic heterocycles. The van der Waals surface area contributed by atoms with Crippen molar-refractivity contribution in [2.45, 2.75) is 38.3 Å². The fourth-order valence-electron chi connectivity index (χ4n) is 3.63. The average Bonchev–Trinajstić information content (AvgIpc) is 3.03. The lowest BCUT2D eigenvalue weighted by Crippen LogP contribution is -2.53. The van der Waals surface area contributed by atoms with E-state index in [1.807, 2.05) is 11.8 Å². The minimum Gasteiger partial charge on any atom is -0.391 e. The topological polar surface area (TPSA) is 61.6 Å². The number of carbonyl (C=O) groups excluding carboxylic acids is 1. The lowest BCUT2D eigenvalue weighted by atomic mass is 10.1. The minimum atomic E-state index is -0.211. The molecular weight excluding hydrogens is 304 g/mol. The summed E-state index contributed by atoms with van der Waals surface area (Å²) in [6.07, 6.45) is 2.84. The molecule has 0 unspecified atom stereocenters. The van der Waals surface area contributed by atoms with Crippen LogP contribution in [0.3, 0.4) is 0 Å². The van der Waals surface area contributed by atoms with Gasteiger partial charge < -0.3 is 10.0 Å². The van der Waals surface area contributed by atoms with Gasteiger partial charge >= 0.3 is 0 Å². The summed E-state index contributed by atoms with van der Waals surface area (Å²) in [7, 11) is 1.74. The first-order valence-corrected chi connectivity index (χ1v) is 8.27. The zero-order valence-electron chi connectivity index (χ0n) is 13.1. The highest BCUT2D eigenvalue weighted by molar-refractivity contribution is 6.33. The van der Waals surface area contributed by atoms with Gasteiger partial charge in [0.05, 0.1) is 17.4 Å². The Kier molecular flexibility index (Phi) is 4.43. The van der Waals surface area contributed by atoms with Crippen molar-refractivity contribution in [2.75, 3.05) is 26.2 Å². The van der Waals surface area contributed by atoms with Crippen LogP contribution in [0.1, 0.15) is 35.3 Å². The summed E-state index contributed by atoms with van der Waals surface area (Å²) in [4.78, 5) is 16.8. The van der Waals surface area contributed by atoms with Crippen molar-refractivity contribution in [3.05, 3.63) is 16.4 Å². The monoisotopic (exact) mass is 326 g/mol. The highest BCUT2D eigenvalue weighted by Crippen LogP contribution is 2.26. The SMILES string of the molecule is Cc1nn(C)c(Cl)c1C(=O)N1CCN([C@H]2CCC[C@@H]2O)CC1. The van der Waals surface area contributed by atoms with E-state index in [9.17, 15) is 9.90 Å². The van der Waals surface area contributed by atoms with Crippen LogP contribution in [0, 0.1) is 6.92 Å². The third-order valence-corrected chi connectivity index (χ3v) is 5.31. The number of halogens is 1. The quantitative estimate of drug-likeness (QED) is 0.882. The third kappa shape index (κ3) is 2.75. The Bertz CT molecular complexity index is 566. The molecule has 1 saturated carbocycles. The maximum absolute atomic E-state index is 12.7. The molecule has 0 spiro atoms. The average molecular weight is 327 g/mol. The van der Waals surface area contributed by atoms with E-state index in [1.165, 1.54) is 4.68 Å². The summed E-state index contributed by atoms with van der Waals surface area (Å²) < 4.78 is 1.54. The Labute approximate surface area is 135 Å². The van der Waals surface area contributed by atoms with E-state index in [-0.39, 0.29) is 18.1 Å². The van der Waals surface area contributed by atoms with Crippen molar-refractivity contribution in [3.63, 3.8) is 0 Å². The molecule has 1 aliphatic carbocycles. The maximum atomic E-state index is 12.7. The number of carbonyl (C=O) groups is 1. The van der Waals surface area contributed by atoms with Crippen molar-refractivity contribution in [2.24, 2.45) is 7.05 Å². The van der Waals surface area contributed by atoms with Gasteiger partial charge in [0.1, 0.15) is 5.15 Å². The second kappa shape index (κ2) is 6.18. The predicted molar refractivity (Wildman–Crippen MR) is 84.1 cm³/mol. The van der Waals surface area contributed by atoms with Crippen molar-refractivity contribution in [1.82, 2.24) is 19.6 Å². The fraction of sp³-hybridized carbons (Fsp3) is 0.733. The van der Waals surface area contributed by atoms with Crippen LogP contribution in [0.25, 0.3) is 0 Å². The van der Waals surface area contributed by atoms with Gasteiger partial charge in [-0.25, -0.2) is 0 Å². The number of rotatable bonds is 2. The number of aliphatic hydroxyl groups is 1. The lowest BCUT2D eigenvalue weighted by Gasteiger charge is -2.39. The van der Waals surface area contributed by atoms with Crippen LogP contribution in [0.4, 0.5) is 0 Å². The number of piperazine rings is 1. The normalized spacial score (nSPS) is 26.6. The van der Waals surface area contributed by atoms with Gasteiger partial charge in [0.15, 0.2) is 0 Å². The summed E-state index contributed by atoms with van der Waals surface area (Å²) in [6, 6.07) is 0.265. The summed E-state index contributed by atoms with van der Waals surface area (Å²) in [6.45, 7) is 4.78. The molecule has 6 nitrogen and oxygen atoms in total. The molecule has 2 aliphatic rings. The van der Waals surface area contributed by atoms with Gasteiger partial charge in [0.2, 0.25) is 0 Å². The van der Waals surface area contributed by atoms with Crippen molar-refractivity contribution in [1.29, 1.82) is 0 Å². The molecule has 2 fully saturated rings. The number of hydrogen-bond acceptors (Lipinski definition) is 4. The summed E-state index contributed by atoms with van der Waals surface area (Å²) in [5.74, 6) is -0.0396. The van der Waals surface area contributed by atoms with Crippen LogP contribution >= 0.6 is 11.6 Å². The predicted octanol–water partition coefficient (Wildman–Crippen LogP) is 1.05. The zero-order chi connectivity index (χ0) is 15.9. The van der Waals surface area contributed by atoms with Gasteiger partial charge in [-0.05, 0) is 26.2 Å². The fourth-order valence-corrected chi connectivity index (χ4v) is 3.89. The number of amides is 1. The van der Waals surface area contributed by atoms with Crippen LogP contribution in [0.2, 0.25) is 5.15 Å². The molecular formula is C15H23ClN4O2. The number of aliphatic hydroxyl groups excluding tert-OH is 1.